The molecule has 1 saturated heterocycles. The van der Waals surface area contributed by atoms with Gasteiger partial charge in [0.2, 0.25) is 0 Å². The molecule has 1 aliphatic carbocycles. The van der Waals surface area contributed by atoms with Gasteiger partial charge < -0.3 is 10.6 Å². The van der Waals surface area contributed by atoms with Gasteiger partial charge in [-0.2, -0.15) is 0 Å². The van der Waals surface area contributed by atoms with Crippen molar-refractivity contribution in [1.82, 2.24) is 24.3 Å². The SMILES string of the molecule is Cc1cc(-c2ccccc2)nc2cc(-c3nc([C@H]4C[C@@H](CN5CCC5)C4)n4ccnc(N)c34)ccc12. The number of aromatic nitrogens is 4. The molecule has 6 heteroatoms. The van der Waals surface area contributed by atoms with Crippen molar-refractivity contribution in [3.63, 3.8) is 0 Å². The zero-order valence-corrected chi connectivity index (χ0v) is 20.6. The van der Waals surface area contributed by atoms with Crippen LogP contribution in [0.1, 0.15) is 36.6 Å². The second-order valence-electron chi connectivity index (χ2n) is 10.5. The number of hydrogen-bond acceptors (Lipinski definition) is 5. The maximum atomic E-state index is 6.43. The third-order valence-corrected chi connectivity index (χ3v) is 8.04. The van der Waals surface area contributed by atoms with Gasteiger partial charge in [-0.05, 0) is 62.9 Å². The topological polar surface area (TPSA) is 72.3 Å². The smallest absolute Gasteiger partial charge is 0.150 e. The van der Waals surface area contributed by atoms with Gasteiger partial charge in [-0.25, -0.2) is 15.0 Å². The summed E-state index contributed by atoms with van der Waals surface area (Å²) in [6.07, 6.45) is 7.53. The molecule has 5 aromatic rings. The summed E-state index contributed by atoms with van der Waals surface area (Å²) in [5.74, 6) is 2.86. The molecule has 0 unspecified atom stereocenters. The van der Waals surface area contributed by atoms with E-state index in [2.05, 4.69) is 69.7 Å². The predicted octanol–water partition coefficient (Wildman–Crippen LogP) is 5.70. The summed E-state index contributed by atoms with van der Waals surface area (Å²) in [5, 5.41) is 1.15. The van der Waals surface area contributed by atoms with Crippen molar-refractivity contribution in [1.29, 1.82) is 0 Å². The van der Waals surface area contributed by atoms with E-state index in [0.717, 1.165) is 50.7 Å². The fraction of sp³-hybridized carbons (Fsp3) is 0.300. The molecule has 4 heterocycles. The Hall–Kier alpha value is -3.77. The Morgan fingerprint density at radius 1 is 0.972 bits per heavy atom. The number of rotatable bonds is 5. The van der Waals surface area contributed by atoms with Gasteiger partial charge in [0.25, 0.3) is 0 Å². The molecule has 2 fully saturated rings. The first-order chi connectivity index (χ1) is 17.6. The van der Waals surface area contributed by atoms with E-state index >= 15 is 0 Å². The van der Waals surface area contributed by atoms with E-state index in [1.54, 1.807) is 6.20 Å². The van der Waals surface area contributed by atoms with Crippen LogP contribution < -0.4 is 5.73 Å². The normalized spacial score (nSPS) is 19.9. The predicted molar refractivity (Wildman–Crippen MR) is 145 cm³/mol. The van der Waals surface area contributed by atoms with Gasteiger partial charge in [-0.15, -0.1) is 0 Å². The van der Waals surface area contributed by atoms with E-state index in [4.69, 9.17) is 15.7 Å². The first-order valence-electron chi connectivity index (χ1n) is 13.0. The van der Waals surface area contributed by atoms with E-state index in [9.17, 15) is 0 Å². The van der Waals surface area contributed by atoms with E-state index < -0.39 is 0 Å². The molecule has 1 aliphatic heterocycles. The highest BCUT2D eigenvalue weighted by Crippen LogP contribution is 2.44. The van der Waals surface area contributed by atoms with Crippen molar-refractivity contribution >= 4 is 22.2 Å². The average molecular weight is 475 g/mol. The third-order valence-electron chi connectivity index (χ3n) is 8.04. The summed E-state index contributed by atoms with van der Waals surface area (Å²) >= 11 is 0. The summed E-state index contributed by atoms with van der Waals surface area (Å²) in [7, 11) is 0. The van der Waals surface area contributed by atoms with Crippen LogP contribution in [0.4, 0.5) is 5.82 Å². The van der Waals surface area contributed by atoms with Crippen LogP contribution in [-0.4, -0.2) is 43.9 Å². The molecule has 2 aliphatic rings. The number of pyridine rings is 1. The standard InChI is InChI=1S/C30H30N6/c1-19-14-25(21-6-3-2-4-7-21)33-26-17-22(8-9-24(19)26)27-28-29(31)32-10-13-36(28)30(34-27)23-15-20(16-23)18-35-11-5-12-35/h2-4,6-10,13-14,17,20,23H,5,11-12,15-16,18H2,1H3,(H2,31,32)/t20-,23+. The number of fused-ring (bicyclic) bond motifs is 2. The summed E-state index contributed by atoms with van der Waals surface area (Å²) in [4.78, 5) is 17.2. The maximum absolute atomic E-state index is 6.43. The molecule has 2 aromatic carbocycles. The molecule has 180 valence electrons. The quantitative estimate of drug-likeness (QED) is 0.354. The van der Waals surface area contributed by atoms with Gasteiger partial charge in [0.15, 0.2) is 0 Å². The lowest BCUT2D eigenvalue weighted by Gasteiger charge is -2.41. The Morgan fingerprint density at radius 2 is 1.81 bits per heavy atom. The van der Waals surface area contributed by atoms with Crippen molar-refractivity contribution in [3.05, 3.63) is 78.4 Å². The molecule has 36 heavy (non-hydrogen) atoms. The summed E-state index contributed by atoms with van der Waals surface area (Å²) < 4.78 is 2.17. The highest BCUT2D eigenvalue weighted by Gasteiger charge is 2.36. The van der Waals surface area contributed by atoms with Crippen LogP contribution >= 0.6 is 0 Å². The Morgan fingerprint density at radius 3 is 2.58 bits per heavy atom. The third kappa shape index (κ3) is 3.56. The highest BCUT2D eigenvalue weighted by molar-refractivity contribution is 5.92. The lowest BCUT2D eigenvalue weighted by atomic mass is 9.74. The largest absolute Gasteiger partial charge is 0.382 e. The number of aryl methyl sites for hydroxylation is 1. The number of hydrogen-bond donors (Lipinski definition) is 1. The van der Waals surface area contributed by atoms with Gasteiger partial charge in [0.1, 0.15) is 22.9 Å². The van der Waals surface area contributed by atoms with Gasteiger partial charge in [-0.3, -0.25) is 4.40 Å². The lowest BCUT2D eigenvalue weighted by molar-refractivity contribution is 0.107. The van der Waals surface area contributed by atoms with Crippen LogP contribution in [0.25, 0.3) is 38.9 Å². The average Bonchev–Trinajstić information content (AvgIpc) is 3.23. The van der Waals surface area contributed by atoms with Crippen LogP contribution in [0.2, 0.25) is 0 Å². The molecule has 1 saturated carbocycles. The second-order valence-corrected chi connectivity index (χ2v) is 10.5. The zero-order valence-electron chi connectivity index (χ0n) is 20.6. The minimum Gasteiger partial charge on any atom is -0.382 e. The van der Waals surface area contributed by atoms with Crippen LogP contribution in [0.3, 0.4) is 0 Å². The van der Waals surface area contributed by atoms with E-state index in [0.29, 0.717) is 11.7 Å². The highest BCUT2D eigenvalue weighted by atomic mass is 15.2. The van der Waals surface area contributed by atoms with Crippen LogP contribution in [-0.2, 0) is 0 Å². The molecule has 7 rings (SSSR count). The molecular weight excluding hydrogens is 444 g/mol. The number of imidazole rings is 1. The van der Waals surface area contributed by atoms with Gasteiger partial charge in [-0.1, -0.05) is 42.5 Å². The Bertz CT molecular complexity index is 1580. The second kappa shape index (κ2) is 8.42. The summed E-state index contributed by atoms with van der Waals surface area (Å²) in [6.45, 7) is 5.91. The minimum absolute atomic E-state index is 0.463. The van der Waals surface area contributed by atoms with Crippen molar-refractivity contribution in [2.75, 3.05) is 25.4 Å². The number of nitrogen functional groups attached to an aromatic ring is 1. The molecule has 0 spiro atoms. The lowest BCUT2D eigenvalue weighted by Crippen LogP contribution is -2.43. The fourth-order valence-electron chi connectivity index (χ4n) is 5.91. The van der Waals surface area contributed by atoms with Gasteiger partial charge in [0.05, 0.1) is 11.2 Å². The molecule has 0 amide bonds. The molecule has 0 bridgehead atoms. The fourth-order valence-corrected chi connectivity index (χ4v) is 5.91. The summed E-state index contributed by atoms with van der Waals surface area (Å²) in [6, 6.07) is 19.0. The van der Waals surface area contributed by atoms with E-state index in [1.807, 2.05) is 12.3 Å². The number of benzene rings is 2. The molecule has 2 N–H and O–H groups in total. The Balaban J connectivity index is 1.29. The maximum Gasteiger partial charge on any atom is 0.150 e. The van der Waals surface area contributed by atoms with Crippen molar-refractivity contribution in [2.24, 2.45) is 5.92 Å². The molecule has 0 radical (unpaired) electrons. The van der Waals surface area contributed by atoms with E-state index in [-0.39, 0.29) is 0 Å². The van der Waals surface area contributed by atoms with Crippen LogP contribution in [0.15, 0.2) is 67.0 Å². The van der Waals surface area contributed by atoms with Crippen LogP contribution in [0.5, 0.6) is 0 Å². The van der Waals surface area contributed by atoms with Crippen LogP contribution in [0, 0.1) is 12.8 Å². The number of nitrogens with two attached hydrogens (primary N) is 1. The molecule has 6 nitrogen and oxygen atoms in total. The number of likely N-dealkylation sites (tertiary alicyclic amines) is 1. The van der Waals surface area contributed by atoms with Gasteiger partial charge >= 0.3 is 0 Å². The molecule has 3 aromatic heterocycles. The first-order valence-corrected chi connectivity index (χ1v) is 13.0. The van der Waals surface area contributed by atoms with Crippen molar-refractivity contribution in [2.45, 2.75) is 32.1 Å². The van der Waals surface area contributed by atoms with Crippen molar-refractivity contribution in [3.8, 4) is 22.5 Å². The Labute approximate surface area is 210 Å². The Kier molecular flexibility index (Phi) is 5.03. The van der Waals surface area contributed by atoms with Gasteiger partial charge in [0, 0.05) is 41.4 Å². The number of anilines is 1. The minimum atomic E-state index is 0.463. The molecular formula is C30H30N6. The van der Waals surface area contributed by atoms with Crippen molar-refractivity contribution < 1.29 is 0 Å². The first kappa shape index (κ1) is 21.5. The molecule has 0 atom stereocenters. The van der Waals surface area contributed by atoms with E-state index in [1.165, 1.54) is 44.5 Å². The monoisotopic (exact) mass is 474 g/mol. The zero-order chi connectivity index (χ0) is 24.2. The number of nitrogens with zero attached hydrogens (tertiary/aromatic N) is 5. The summed E-state index contributed by atoms with van der Waals surface area (Å²) in [5.41, 5.74) is 13.5.